The summed E-state index contributed by atoms with van der Waals surface area (Å²) >= 11 is 0. The standard InChI is InChI=1S/C19H23N3O/c1-13-11-17(12-21-13)16-5-3-14(4-6-16)15-7-9-18(10-8-15)22-19(23)20-2/h3-10,13,17,21H,11-12H2,1-2H3,(H2,20,22,23). The second-order valence-corrected chi connectivity index (χ2v) is 6.15. The van der Waals surface area contributed by atoms with Crippen molar-refractivity contribution >= 4 is 11.7 Å². The highest BCUT2D eigenvalue weighted by Crippen LogP contribution is 2.28. The average Bonchev–Trinajstić information content (AvgIpc) is 3.02. The maximum atomic E-state index is 11.3. The molecule has 1 aliphatic heterocycles. The zero-order chi connectivity index (χ0) is 16.2. The third-order valence-electron chi connectivity index (χ3n) is 4.44. The number of hydrogen-bond donors (Lipinski definition) is 3. The first-order valence-corrected chi connectivity index (χ1v) is 8.08. The summed E-state index contributed by atoms with van der Waals surface area (Å²) < 4.78 is 0. The van der Waals surface area contributed by atoms with E-state index in [4.69, 9.17) is 0 Å². The van der Waals surface area contributed by atoms with Gasteiger partial charge in [-0.1, -0.05) is 36.4 Å². The monoisotopic (exact) mass is 309 g/mol. The predicted octanol–water partition coefficient (Wildman–Crippen LogP) is 3.57. The fourth-order valence-electron chi connectivity index (χ4n) is 3.08. The van der Waals surface area contributed by atoms with Crippen LogP contribution in [0.3, 0.4) is 0 Å². The molecular weight excluding hydrogens is 286 g/mol. The molecule has 0 spiro atoms. The summed E-state index contributed by atoms with van der Waals surface area (Å²) in [4.78, 5) is 11.3. The molecule has 0 bridgehead atoms. The Kier molecular flexibility index (Phi) is 4.63. The highest BCUT2D eigenvalue weighted by molar-refractivity contribution is 5.89. The largest absolute Gasteiger partial charge is 0.341 e. The van der Waals surface area contributed by atoms with Gasteiger partial charge in [0, 0.05) is 25.3 Å². The number of anilines is 1. The van der Waals surface area contributed by atoms with Gasteiger partial charge in [-0.2, -0.15) is 0 Å². The molecule has 2 aromatic rings. The van der Waals surface area contributed by atoms with Crippen molar-refractivity contribution < 1.29 is 4.79 Å². The smallest absolute Gasteiger partial charge is 0.318 e. The SMILES string of the molecule is CNC(=O)Nc1ccc(-c2ccc(C3CNC(C)C3)cc2)cc1. The fourth-order valence-corrected chi connectivity index (χ4v) is 3.08. The van der Waals surface area contributed by atoms with E-state index in [0.717, 1.165) is 17.8 Å². The number of carbonyl (C=O) groups excluding carboxylic acids is 1. The number of amides is 2. The highest BCUT2D eigenvalue weighted by Gasteiger charge is 2.21. The molecule has 23 heavy (non-hydrogen) atoms. The van der Waals surface area contributed by atoms with Crippen LogP contribution in [-0.4, -0.2) is 25.7 Å². The maximum Gasteiger partial charge on any atom is 0.318 e. The van der Waals surface area contributed by atoms with Gasteiger partial charge in [0.25, 0.3) is 0 Å². The Balaban J connectivity index is 1.70. The van der Waals surface area contributed by atoms with E-state index in [0.29, 0.717) is 12.0 Å². The molecule has 2 atom stereocenters. The average molecular weight is 309 g/mol. The number of nitrogens with one attached hydrogen (secondary N) is 3. The van der Waals surface area contributed by atoms with E-state index in [-0.39, 0.29) is 6.03 Å². The van der Waals surface area contributed by atoms with Crippen LogP contribution in [0.1, 0.15) is 24.8 Å². The molecule has 3 rings (SSSR count). The molecule has 4 nitrogen and oxygen atoms in total. The topological polar surface area (TPSA) is 53.2 Å². The summed E-state index contributed by atoms with van der Waals surface area (Å²) in [5.41, 5.74) is 4.54. The van der Waals surface area contributed by atoms with E-state index >= 15 is 0 Å². The van der Waals surface area contributed by atoms with Crippen molar-refractivity contribution in [3.63, 3.8) is 0 Å². The van der Waals surface area contributed by atoms with Gasteiger partial charge in [0.2, 0.25) is 0 Å². The highest BCUT2D eigenvalue weighted by atomic mass is 16.2. The molecule has 1 heterocycles. The molecule has 0 aromatic heterocycles. The van der Waals surface area contributed by atoms with E-state index in [1.165, 1.54) is 17.5 Å². The van der Waals surface area contributed by atoms with Gasteiger partial charge in [-0.05, 0) is 48.1 Å². The number of rotatable bonds is 3. The maximum absolute atomic E-state index is 11.3. The van der Waals surface area contributed by atoms with Crippen molar-refractivity contribution in [2.45, 2.75) is 25.3 Å². The van der Waals surface area contributed by atoms with Gasteiger partial charge in [0.1, 0.15) is 0 Å². The minimum absolute atomic E-state index is 0.207. The van der Waals surface area contributed by atoms with Crippen LogP contribution in [0.2, 0.25) is 0 Å². The van der Waals surface area contributed by atoms with Crippen LogP contribution >= 0.6 is 0 Å². The molecule has 2 unspecified atom stereocenters. The third-order valence-corrected chi connectivity index (χ3v) is 4.44. The Morgan fingerprint density at radius 3 is 2.17 bits per heavy atom. The van der Waals surface area contributed by atoms with E-state index in [2.05, 4.69) is 47.1 Å². The van der Waals surface area contributed by atoms with Crippen molar-refractivity contribution in [2.75, 3.05) is 18.9 Å². The van der Waals surface area contributed by atoms with E-state index in [1.54, 1.807) is 7.05 Å². The van der Waals surface area contributed by atoms with Crippen LogP contribution < -0.4 is 16.0 Å². The van der Waals surface area contributed by atoms with Gasteiger partial charge < -0.3 is 16.0 Å². The number of benzene rings is 2. The van der Waals surface area contributed by atoms with Gasteiger partial charge >= 0.3 is 6.03 Å². The zero-order valence-corrected chi connectivity index (χ0v) is 13.6. The summed E-state index contributed by atoms with van der Waals surface area (Å²) in [7, 11) is 1.60. The molecule has 2 amide bonds. The van der Waals surface area contributed by atoms with Crippen LogP contribution in [0.25, 0.3) is 11.1 Å². The van der Waals surface area contributed by atoms with E-state index in [1.807, 2.05) is 24.3 Å². The lowest BCUT2D eigenvalue weighted by Crippen LogP contribution is -2.24. The first kappa shape index (κ1) is 15.6. The minimum Gasteiger partial charge on any atom is -0.341 e. The number of hydrogen-bond acceptors (Lipinski definition) is 2. The van der Waals surface area contributed by atoms with Gasteiger partial charge in [-0.3, -0.25) is 0 Å². The van der Waals surface area contributed by atoms with Crippen LogP contribution in [0, 0.1) is 0 Å². The summed E-state index contributed by atoms with van der Waals surface area (Å²) in [6, 6.07) is 17.1. The molecule has 0 saturated carbocycles. The minimum atomic E-state index is -0.207. The molecule has 4 heteroatoms. The number of carbonyl (C=O) groups is 1. The third kappa shape index (κ3) is 3.71. The van der Waals surface area contributed by atoms with E-state index < -0.39 is 0 Å². The predicted molar refractivity (Wildman–Crippen MR) is 94.8 cm³/mol. The first-order valence-electron chi connectivity index (χ1n) is 8.08. The molecular formula is C19H23N3O. The lowest BCUT2D eigenvalue weighted by Gasteiger charge is -2.11. The van der Waals surface area contributed by atoms with Crippen LogP contribution in [0.15, 0.2) is 48.5 Å². The Morgan fingerprint density at radius 2 is 1.65 bits per heavy atom. The zero-order valence-electron chi connectivity index (χ0n) is 13.6. The van der Waals surface area contributed by atoms with Crippen molar-refractivity contribution in [3.8, 4) is 11.1 Å². The van der Waals surface area contributed by atoms with Crippen molar-refractivity contribution in [1.29, 1.82) is 0 Å². The molecule has 0 radical (unpaired) electrons. The van der Waals surface area contributed by atoms with Crippen molar-refractivity contribution in [2.24, 2.45) is 0 Å². The molecule has 0 aliphatic carbocycles. The Hall–Kier alpha value is -2.33. The second kappa shape index (κ2) is 6.84. The molecule has 1 aliphatic rings. The van der Waals surface area contributed by atoms with Gasteiger partial charge in [-0.15, -0.1) is 0 Å². The molecule has 120 valence electrons. The molecule has 1 saturated heterocycles. The second-order valence-electron chi connectivity index (χ2n) is 6.15. The van der Waals surface area contributed by atoms with Gasteiger partial charge in [0.15, 0.2) is 0 Å². The van der Waals surface area contributed by atoms with Crippen LogP contribution in [0.4, 0.5) is 10.5 Å². The summed E-state index contributed by atoms with van der Waals surface area (Å²) in [6.07, 6.45) is 1.21. The summed E-state index contributed by atoms with van der Waals surface area (Å²) in [5, 5.41) is 8.81. The molecule has 1 fully saturated rings. The van der Waals surface area contributed by atoms with Gasteiger partial charge in [0.05, 0.1) is 0 Å². The van der Waals surface area contributed by atoms with E-state index in [9.17, 15) is 4.79 Å². The van der Waals surface area contributed by atoms with Crippen molar-refractivity contribution in [3.05, 3.63) is 54.1 Å². The number of urea groups is 1. The van der Waals surface area contributed by atoms with Gasteiger partial charge in [-0.25, -0.2) is 4.79 Å². The van der Waals surface area contributed by atoms with Crippen LogP contribution in [-0.2, 0) is 0 Å². The Morgan fingerprint density at radius 1 is 1.04 bits per heavy atom. The van der Waals surface area contributed by atoms with Crippen LogP contribution in [0.5, 0.6) is 0 Å². The fraction of sp³-hybridized carbons (Fsp3) is 0.316. The summed E-state index contributed by atoms with van der Waals surface area (Å²) in [5.74, 6) is 0.623. The van der Waals surface area contributed by atoms with Crippen molar-refractivity contribution in [1.82, 2.24) is 10.6 Å². The normalized spacial score (nSPS) is 20.3. The molecule has 2 aromatic carbocycles. The Labute approximate surface area is 137 Å². The first-order chi connectivity index (χ1) is 11.2. The molecule has 3 N–H and O–H groups in total. The quantitative estimate of drug-likeness (QED) is 0.812. The lowest BCUT2D eigenvalue weighted by atomic mass is 9.94. The lowest BCUT2D eigenvalue weighted by molar-refractivity contribution is 0.254. The summed E-state index contributed by atoms with van der Waals surface area (Å²) in [6.45, 7) is 3.31. The Bertz CT molecular complexity index is 664.